The van der Waals surface area contributed by atoms with Gasteiger partial charge in [-0.3, -0.25) is 4.72 Å². The highest BCUT2D eigenvalue weighted by Gasteiger charge is 2.23. The molecule has 1 aromatic heterocycles. The average Bonchev–Trinajstić information content (AvgIpc) is 2.79. The lowest BCUT2D eigenvalue weighted by Gasteiger charge is -2.19. The molecule has 2 N–H and O–H groups in total. The van der Waals surface area contributed by atoms with Gasteiger partial charge < -0.3 is 19.3 Å². The predicted molar refractivity (Wildman–Crippen MR) is 124 cm³/mol. The van der Waals surface area contributed by atoms with Gasteiger partial charge in [0.1, 0.15) is 24.4 Å². The van der Waals surface area contributed by atoms with Crippen molar-refractivity contribution < 1.29 is 27.7 Å². The number of rotatable bonds is 9. The van der Waals surface area contributed by atoms with Crippen molar-refractivity contribution >= 4 is 15.8 Å². The fourth-order valence-corrected chi connectivity index (χ4v) is 3.86. The molecule has 33 heavy (non-hydrogen) atoms. The van der Waals surface area contributed by atoms with E-state index in [0.29, 0.717) is 11.5 Å². The molecule has 1 heterocycles. The van der Waals surface area contributed by atoms with Crippen LogP contribution in [0.1, 0.15) is 26.3 Å². The summed E-state index contributed by atoms with van der Waals surface area (Å²) in [5.41, 5.74) is 0.896. The van der Waals surface area contributed by atoms with E-state index >= 15 is 0 Å². The zero-order valence-corrected chi connectivity index (χ0v) is 19.7. The van der Waals surface area contributed by atoms with E-state index in [9.17, 15) is 8.42 Å². The normalized spacial score (nSPS) is 11.7. The lowest BCUT2D eigenvalue weighted by molar-refractivity contribution is 0.192. The van der Waals surface area contributed by atoms with Crippen molar-refractivity contribution in [2.24, 2.45) is 0 Å². The molecule has 0 saturated carbocycles. The molecule has 0 radical (unpaired) electrons. The first-order valence-electron chi connectivity index (χ1n) is 10.2. The fraction of sp³-hybridized carbons (Fsp3) is 0.304. The summed E-state index contributed by atoms with van der Waals surface area (Å²) >= 11 is 0. The average molecular weight is 474 g/mol. The number of nitrogens with zero attached hydrogens (tertiary/aromatic N) is 2. The van der Waals surface area contributed by atoms with Gasteiger partial charge in [-0.05, 0) is 47.4 Å². The third kappa shape index (κ3) is 6.11. The third-order valence-electron chi connectivity index (χ3n) is 4.64. The van der Waals surface area contributed by atoms with Crippen LogP contribution < -0.4 is 18.9 Å². The van der Waals surface area contributed by atoms with Crippen LogP contribution >= 0.6 is 0 Å². The van der Waals surface area contributed by atoms with Crippen LogP contribution in [0.25, 0.3) is 0 Å². The van der Waals surface area contributed by atoms with Crippen LogP contribution in [0.3, 0.4) is 0 Å². The lowest BCUT2D eigenvalue weighted by Crippen LogP contribution is -2.16. The maximum Gasteiger partial charge on any atom is 0.263 e. The molecular formula is C23H27N3O6S. The van der Waals surface area contributed by atoms with Gasteiger partial charge in [0, 0.05) is 0 Å². The van der Waals surface area contributed by atoms with E-state index < -0.39 is 10.0 Å². The predicted octanol–water partition coefficient (Wildman–Crippen LogP) is 3.75. The number of aromatic nitrogens is 2. The number of aliphatic hydroxyl groups excluding tert-OH is 1. The number of nitrogens with one attached hydrogen (secondary N) is 1. The van der Waals surface area contributed by atoms with Gasteiger partial charge in [-0.1, -0.05) is 32.9 Å². The van der Waals surface area contributed by atoms with Crippen molar-refractivity contribution in [2.75, 3.05) is 25.0 Å². The van der Waals surface area contributed by atoms with Gasteiger partial charge in [-0.15, -0.1) is 0 Å². The number of benzene rings is 2. The van der Waals surface area contributed by atoms with Crippen molar-refractivity contribution in [1.29, 1.82) is 0 Å². The molecule has 0 unspecified atom stereocenters. The largest absolute Gasteiger partial charge is 0.497 e. The van der Waals surface area contributed by atoms with E-state index in [2.05, 4.69) is 14.7 Å². The second kappa shape index (κ2) is 10.1. The van der Waals surface area contributed by atoms with Crippen molar-refractivity contribution in [1.82, 2.24) is 9.97 Å². The standard InChI is InChI=1S/C23H27N3O6S/c1-23(2,3)16-5-11-19(12-6-16)33(28,29)26-21-20(22(25-15-24-21)31-14-13-27)32-18-9-7-17(30-4)8-10-18/h5-12,15,27H,13-14H2,1-4H3,(H,24,25,26). The maximum atomic E-state index is 13.1. The summed E-state index contributed by atoms with van der Waals surface area (Å²) in [5.74, 6) is 0.854. The fourth-order valence-electron chi connectivity index (χ4n) is 2.85. The number of hydrogen-bond donors (Lipinski definition) is 2. The van der Waals surface area contributed by atoms with Crippen molar-refractivity contribution in [3.63, 3.8) is 0 Å². The molecule has 0 aliphatic carbocycles. The van der Waals surface area contributed by atoms with Crippen LogP contribution in [0, 0.1) is 0 Å². The molecule has 2 aromatic carbocycles. The Morgan fingerprint density at radius 1 is 0.970 bits per heavy atom. The van der Waals surface area contributed by atoms with Crippen molar-refractivity contribution in [3.8, 4) is 23.1 Å². The summed E-state index contributed by atoms with van der Waals surface area (Å²) in [6, 6.07) is 13.3. The minimum absolute atomic E-state index is 0.0179. The second-order valence-electron chi connectivity index (χ2n) is 8.09. The highest BCUT2D eigenvalue weighted by Crippen LogP contribution is 2.37. The van der Waals surface area contributed by atoms with Crippen LogP contribution in [-0.4, -0.2) is 43.8 Å². The topological polar surface area (TPSA) is 120 Å². The molecule has 176 valence electrons. The van der Waals surface area contributed by atoms with Gasteiger partial charge in [0.25, 0.3) is 15.9 Å². The first-order valence-corrected chi connectivity index (χ1v) is 11.7. The SMILES string of the molecule is COc1ccc(Oc2c(NS(=O)(=O)c3ccc(C(C)(C)C)cc3)ncnc2OCCO)cc1. The van der Waals surface area contributed by atoms with Crippen LogP contribution in [-0.2, 0) is 15.4 Å². The molecule has 0 amide bonds. The second-order valence-corrected chi connectivity index (χ2v) is 9.77. The number of methoxy groups -OCH3 is 1. The minimum Gasteiger partial charge on any atom is -0.497 e. The van der Waals surface area contributed by atoms with Gasteiger partial charge in [-0.2, -0.15) is 4.98 Å². The van der Waals surface area contributed by atoms with Crippen LogP contribution in [0.2, 0.25) is 0 Å². The van der Waals surface area contributed by atoms with Gasteiger partial charge in [0.05, 0.1) is 18.6 Å². The molecule has 0 aliphatic heterocycles. The Kier molecular flexibility index (Phi) is 7.39. The molecule has 3 rings (SSSR count). The molecule has 0 fully saturated rings. The molecule has 3 aromatic rings. The zero-order valence-electron chi connectivity index (χ0n) is 18.9. The van der Waals surface area contributed by atoms with E-state index in [1.54, 1.807) is 43.5 Å². The number of ether oxygens (including phenoxy) is 3. The van der Waals surface area contributed by atoms with Crippen molar-refractivity contribution in [3.05, 3.63) is 60.4 Å². The third-order valence-corrected chi connectivity index (χ3v) is 6.00. The summed E-state index contributed by atoms with van der Waals surface area (Å²) in [6.45, 7) is 5.83. The Hall–Kier alpha value is -3.37. The molecule has 9 nitrogen and oxygen atoms in total. The first kappa shape index (κ1) is 24.3. The van der Waals surface area contributed by atoms with E-state index in [4.69, 9.17) is 19.3 Å². The molecular weight excluding hydrogens is 446 g/mol. The quantitative estimate of drug-likeness (QED) is 0.482. The summed E-state index contributed by atoms with van der Waals surface area (Å²) in [4.78, 5) is 8.14. The number of anilines is 1. The first-order chi connectivity index (χ1) is 15.6. The van der Waals surface area contributed by atoms with E-state index in [1.165, 1.54) is 12.1 Å². The molecule has 0 bridgehead atoms. The van der Waals surface area contributed by atoms with Gasteiger partial charge in [0.2, 0.25) is 5.75 Å². The summed E-state index contributed by atoms with van der Waals surface area (Å²) in [6.07, 6.45) is 1.15. The van der Waals surface area contributed by atoms with Gasteiger partial charge >= 0.3 is 0 Å². The highest BCUT2D eigenvalue weighted by atomic mass is 32.2. The number of aliphatic hydroxyl groups is 1. The Morgan fingerprint density at radius 3 is 2.18 bits per heavy atom. The summed E-state index contributed by atoms with van der Waals surface area (Å²) < 4.78 is 45.0. The van der Waals surface area contributed by atoms with E-state index in [-0.39, 0.29) is 41.0 Å². The molecule has 10 heteroatoms. The van der Waals surface area contributed by atoms with Gasteiger partial charge in [-0.25, -0.2) is 13.4 Å². The van der Waals surface area contributed by atoms with E-state index in [0.717, 1.165) is 11.9 Å². The maximum absolute atomic E-state index is 13.1. The van der Waals surface area contributed by atoms with E-state index in [1.807, 2.05) is 20.8 Å². The summed E-state index contributed by atoms with van der Waals surface area (Å²) in [7, 11) is -2.44. The van der Waals surface area contributed by atoms with Crippen LogP contribution in [0.4, 0.5) is 5.82 Å². The Bertz CT molecular complexity index is 1170. The molecule has 0 atom stereocenters. The van der Waals surface area contributed by atoms with Crippen LogP contribution in [0.5, 0.6) is 23.1 Å². The monoisotopic (exact) mass is 473 g/mol. The zero-order chi connectivity index (χ0) is 24.1. The van der Waals surface area contributed by atoms with Crippen molar-refractivity contribution in [2.45, 2.75) is 31.1 Å². The Morgan fingerprint density at radius 2 is 1.61 bits per heavy atom. The molecule has 0 saturated heterocycles. The molecule has 0 aliphatic rings. The highest BCUT2D eigenvalue weighted by molar-refractivity contribution is 7.92. The lowest BCUT2D eigenvalue weighted by atomic mass is 9.87. The summed E-state index contributed by atoms with van der Waals surface area (Å²) in [5, 5.41) is 9.12. The molecule has 0 spiro atoms. The van der Waals surface area contributed by atoms with Crippen LogP contribution in [0.15, 0.2) is 59.8 Å². The Balaban J connectivity index is 1.95. The smallest absolute Gasteiger partial charge is 0.263 e. The number of sulfonamides is 1. The minimum atomic E-state index is -3.98. The van der Waals surface area contributed by atoms with Gasteiger partial charge in [0.15, 0.2) is 5.82 Å². The number of hydrogen-bond acceptors (Lipinski definition) is 8. The Labute approximate surface area is 193 Å².